The van der Waals surface area contributed by atoms with E-state index in [1.54, 1.807) is 0 Å². The molecule has 0 heterocycles. The van der Waals surface area contributed by atoms with Crippen molar-refractivity contribution in [1.82, 2.24) is 0 Å². The van der Waals surface area contributed by atoms with E-state index in [0.717, 1.165) is 18.4 Å². The summed E-state index contributed by atoms with van der Waals surface area (Å²) in [5.74, 6) is 0.327. The summed E-state index contributed by atoms with van der Waals surface area (Å²) in [5.41, 5.74) is 1.10. The zero-order valence-electron chi connectivity index (χ0n) is 5.73. The molecule has 0 aliphatic carbocycles. The molecule has 0 saturated carbocycles. The van der Waals surface area contributed by atoms with Crippen LogP contribution in [0.1, 0.15) is 19.8 Å². The third kappa shape index (κ3) is 5.87. The minimum absolute atomic E-state index is 0.327. The van der Waals surface area contributed by atoms with Gasteiger partial charge in [-0.15, -0.1) is 18.2 Å². The van der Waals surface area contributed by atoms with Gasteiger partial charge in [0.05, 0.1) is 6.10 Å². The van der Waals surface area contributed by atoms with E-state index in [0.29, 0.717) is 5.88 Å². The minimum Gasteiger partial charge on any atom is -0.392 e. The molecule has 54 valence electrons. The zero-order chi connectivity index (χ0) is 7.28. The van der Waals surface area contributed by atoms with Gasteiger partial charge in [-0.3, -0.25) is 0 Å². The standard InChI is InChI=1S/C7H13ClO/c1-6(2)3-4-7(9)5-8/h7,9H,1,3-5H2,2H3. The fraction of sp³-hybridized carbons (Fsp3) is 0.714. The van der Waals surface area contributed by atoms with Gasteiger partial charge in [0.15, 0.2) is 0 Å². The molecule has 0 spiro atoms. The van der Waals surface area contributed by atoms with E-state index in [4.69, 9.17) is 16.7 Å². The number of halogens is 1. The smallest absolute Gasteiger partial charge is 0.0678 e. The maximum atomic E-state index is 8.93. The molecule has 0 aromatic heterocycles. The van der Waals surface area contributed by atoms with E-state index < -0.39 is 0 Å². The topological polar surface area (TPSA) is 20.2 Å². The van der Waals surface area contributed by atoms with Gasteiger partial charge in [-0.05, 0) is 19.8 Å². The molecule has 2 heteroatoms. The quantitative estimate of drug-likeness (QED) is 0.477. The number of aliphatic hydroxyl groups excluding tert-OH is 1. The third-order valence-corrected chi connectivity index (χ3v) is 1.44. The summed E-state index contributed by atoms with van der Waals surface area (Å²) in [6.07, 6.45) is 1.25. The number of alkyl halides is 1. The lowest BCUT2D eigenvalue weighted by molar-refractivity contribution is 0.188. The fourth-order valence-electron chi connectivity index (χ4n) is 0.490. The molecule has 1 atom stereocenters. The Morgan fingerprint density at radius 3 is 2.67 bits per heavy atom. The predicted molar refractivity (Wildman–Crippen MR) is 40.8 cm³/mol. The highest BCUT2D eigenvalue weighted by atomic mass is 35.5. The lowest BCUT2D eigenvalue weighted by atomic mass is 10.1. The van der Waals surface area contributed by atoms with Gasteiger partial charge in [0.1, 0.15) is 0 Å². The first kappa shape index (κ1) is 8.99. The van der Waals surface area contributed by atoms with Gasteiger partial charge in [-0.2, -0.15) is 0 Å². The number of aliphatic hydroxyl groups is 1. The lowest BCUT2D eigenvalue weighted by Gasteiger charge is -2.04. The van der Waals surface area contributed by atoms with Crippen LogP contribution in [0.4, 0.5) is 0 Å². The van der Waals surface area contributed by atoms with Gasteiger partial charge < -0.3 is 5.11 Å². The molecule has 0 aliphatic rings. The largest absolute Gasteiger partial charge is 0.392 e. The molecule has 0 fully saturated rings. The van der Waals surface area contributed by atoms with E-state index in [1.165, 1.54) is 0 Å². The van der Waals surface area contributed by atoms with Crippen molar-refractivity contribution in [3.8, 4) is 0 Å². The molecule has 0 aliphatic heterocycles. The summed E-state index contributed by atoms with van der Waals surface area (Å²) in [6, 6.07) is 0. The number of rotatable bonds is 4. The van der Waals surface area contributed by atoms with Crippen LogP contribution in [-0.4, -0.2) is 17.1 Å². The molecule has 9 heavy (non-hydrogen) atoms. The molecule has 0 rings (SSSR count). The second-order valence-corrected chi connectivity index (χ2v) is 2.61. The summed E-state index contributed by atoms with van der Waals surface area (Å²) >= 11 is 5.36. The monoisotopic (exact) mass is 148 g/mol. The van der Waals surface area contributed by atoms with E-state index in [1.807, 2.05) is 6.92 Å². The van der Waals surface area contributed by atoms with E-state index in [2.05, 4.69) is 6.58 Å². The maximum Gasteiger partial charge on any atom is 0.0678 e. The Morgan fingerprint density at radius 1 is 1.78 bits per heavy atom. The second kappa shape index (κ2) is 4.83. The van der Waals surface area contributed by atoms with Crippen LogP contribution in [0.5, 0.6) is 0 Å². The molecule has 0 aromatic rings. The average molecular weight is 149 g/mol. The van der Waals surface area contributed by atoms with Gasteiger partial charge in [0.25, 0.3) is 0 Å². The van der Waals surface area contributed by atoms with Crippen LogP contribution in [0.2, 0.25) is 0 Å². The third-order valence-electron chi connectivity index (χ3n) is 1.08. The van der Waals surface area contributed by atoms with Crippen LogP contribution in [0, 0.1) is 0 Å². The Labute approximate surface area is 61.3 Å². The van der Waals surface area contributed by atoms with Crippen molar-refractivity contribution in [2.75, 3.05) is 5.88 Å². The Kier molecular flexibility index (Phi) is 4.83. The first-order valence-corrected chi connectivity index (χ1v) is 3.58. The molecule has 1 unspecified atom stereocenters. The number of hydrogen-bond donors (Lipinski definition) is 1. The second-order valence-electron chi connectivity index (χ2n) is 2.30. The Hall–Kier alpha value is -0.0100. The van der Waals surface area contributed by atoms with Crippen molar-refractivity contribution in [1.29, 1.82) is 0 Å². The van der Waals surface area contributed by atoms with Crippen molar-refractivity contribution in [2.45, 2.75) is 25.9 Å². The molecule has 1 nitrogen and oxygen atoms in total. The summed E-state index contributed by atoms with van der Waals surface area (Å²) in [7, 11) is 0. The van der Waals surface area contributed by atoms with Crippen molar-refractivity contribution >= 4 is 11.6 Å². The predicted octanol–water partition coefficient (Wildman–Crippen LogP) is 1.94. The van der Waals surface area contributed by atoms with E-state index >= 15 is 0 Å². The molecule has 0 amide bonds. The van der Waals surface area contributed by atoms with Crippen LogP contribution in [-0.2, 0) is 0 Å². The average Bonchev–Trinajstić information content (AvgIpc) is 1.83. The molecular formula is C7H13ClO. The normalized spacial score (nSPS) is 13.2. The minimum atomic E-state index is -0.358. The first-order chi connectivity index (χ1) is 4.16. The number of hydrogen-bond acceptors (Lipinski definition) is 1. The highest BCUT2D eigenvalue weighted by molar-refractivity contribution is 6.18. The van der Waals surface area contributed by atoms with Crippen LogP contribution in [0.3, 0.4) is 0 Å². The zero-order valence-corrected chi connectivity index (χ0v) is 6.49. The highest BCUT2D eigenvalue weighted by Crippen LogP contribution is 2.04. The van der Waals surface area contributed by atoms with Crippen LogP contribution in [0.15, 0.2) is 12.2 Å². The SMILES string of the molecule is C=C(C)CCC(O)CCl. The van der Waals surface area contributed by atoms with Crippen LogP contribution < -0.4 is 0 Å². The van der Waals surface area contributed by atoms with Crippen molar-refractivity contribution < 1.29 is 5.11 Å². The first-order valence-electron chi connectivity index (χ1n) is 3.05. The molecule has 0 radical (unpaired) electrons. The Morgan fingerprint density at radius 2 is 2.33 bits per heavy atom. The molecule has 1 N–H and O–H groups in total. The van der Waals surface area contributed by atoms with Gasteiger partial charge in [-0.1, -0.05) is 5.57 Å². The number of allylic oxidation sites excluding steroid dienone is 1. The van der Waals surface area contributed by atoms with E-state index in [9.17, 15) is 0 Å². The van der Waals surface area contributed by atoms with Crippen LogP contribution >= 0.6 is 11.6 Å². The summed E-state index contributed by atoms with van der Waals surface area (Å²) < 4.78 is 0. The van der Waals surface area contributed by atoms with Crippen molar-refractivity contribution in [3.05, 3.63) is 12.2 Å². The van der Waals surface area contributed by atoms with Gasteiger partial charge >= 0.3 is 0 Å². The highest BCUT2D eigenvalue weighted by Gasteiger charge is 1.99. The summed E-state index contributed by atoms with van der Waals surface area (Å²) in [4.78, 5) is 0. The van der Waals surface area contributed by atoms with Crippen LogP contribution in [0.25, 0.3) is 0 Å². The Bertz CT molecular complexity index is 90.9. The van der Waals surface area contributed by atoms with E-state index in [-0.39, 0.29) is 6.10 Å². The van der Waals surface area contributed by atoms with Gasteiger partial charge in [0, 0.05) is 5.88 Å². The summed E-state index contributed by atoms with van der Waals surface area (Å²) in [5, 5.41) is 8.93. The molecular weight excluding hydrogens is 136 g/mol. The van der Waals surface area contributed by atoms with Crippen molar-refractivity contribution in [3.63, 3.8) is 0 Å². The maximum absolute atomic E-state index is 8.93. The summed E-state index contributed by atoms with van der Waals surface area (Å²) in [6.45, 7) is 5.65. The molecule has 0 bridgehead atoms. The van der Waals surface area contributed by atoms with Gasteiger partial charge in [0.2, 0.25) is 0 Å². The van der Waals surface area contributed by atoms with Crippen molar-refractivity contribution in [2.24, 2.45) is 0 Å². The fourth-order valence-corrected chi connectivity index (χ4v) is 0.644. The lowest BCUT2D eigenvalue weighted by Crippen LogP contribution is -2.07. The van der Waals surface area contributed by atoms with Gasteiger partial charge in [-0.25, -0.2) is 0 Å². The molecule has 0 saturated heterocycles. The molecule has 0 aromatic carbocycles. The Balaban J connectivity index is 3.16.